The van der Waals surface area contributed by atoms with E-state index in [4.69, 9.17) is 0 Å². The first-order valence-electron chi connectivity index (χ1n) is 8.76. The van der Waals surface area contributed by atoms with E-state index in [0.29, 0.717) is 18.8 Å². The number of hydrogen-bond acceptors (Lipinski definition) is 5. The number of nitrogens with zero attached hydrogens (tertiary/aromatic N) is 3. The maximum absolute atomic E-state index is 12.5. The lowest BCUT2D eigenvalue weighted by molar-refractivity contribution is -0.0328. The largest absolute Gasteiger partial charge is 0.446 e. The van der Waals surface area contributed by atoms with Crippen molar-refractivity contribution in [2.45, 2.75) is 29.9 Å². The highest BCUT2D eigenvalue weighted by atomic mass is 32.2. The number of carbonyl (C=O) groups excluding carboxylic acids is 1. The molecule has 0 spiro atoms. The topological polar surface area (TPSA) is 48.5 Å². The molecule has 1 aromatic carbocycles. The van der Waals surface area contributed by atoms with Crippen LogP contribution in [0.2, 0.25) is 0 Å². The normalized spacial score (nSPS) is 17.8. The molecule has 1 amide bonds. The Hall–Kier alpha value is -2.26. The Morgan fingerprint density at radius 1 is 1.29 bits per heavy atom. The summed E-state index contributed by atoms with van der Waals surface area (Å²) in [4.78, 5) is 20.6. The van der Waals surface area contributed by atoms with Crippen LogP contribution in [-0.4, -0.2) is 47.6 Å². The van der Waals surface area contributed by atoms with Gasteiger partial charge in [0.15, 0.2) is 0 Å². The highest BCUT2D eigenvalue weighted by Crippen LogP contribution is 2.37. The van der Waals surface area contributed by atoms with E-state index in [9.17, 15) is 18.0 Å². The smallest absolute Gasteiger partial charge is 0.357 e. The van der Waals surface area contributed by atoms with Gasteiger partial charge in [-0.15, -0.1) is 0 Å². The van der Waals surface area contributed by atoms with Gasteiger partial charge in [0.05, 0.1) is 12.2 Å². The van der Waals surface area contributed by atoms with E-state index in [-0.39, 0.29) is 28.6 Å². The third kappa shape index (κ3) is 4.96. The van der Waals surface area contributed by atoms with Crippen LogP contribution in [0, 0.1) is 0 Å². The van der Waals surface area contributed by atoms with Gasteiger partial charge in [-0.1, -0.05) is 0 Å². The number of alkyl halides is 3. The zero-order valence-electron chi connectivity index (χ0n) is 15.5. The fourth-order valence-electron chi connectivity index (χ4n) is 3.22. The summed E-state index contributed by atoms with van der Waals surface area (Å²) in [5.41, 5.74) is -1.97. The molecule has 0 aliphatic carbocycles. The Morgan fingerprint density at radius 2 is 2.00 bits per heavy atom. The SMILES string of the molecule is CNC(=O)c1cnccc1CN1CN(c2ccc(SC(F)(F)F)cc2)CC1C. The minimum Gasteiger partial charge on any atom is -0.357 e. The number of hydrogen-bond donors (Lipinski definition) is 1. The number of pyridine rings is 1. The van der Waals surface area contributed by atoms with Crippen LogP contribution in [0.15, 0.2) is 47.6 Å². The van der Waals surface area contributed by atoms with Gasteiger partial charge in [-0.05, 0) is 54.6 Å². The summed E-state index contributed by atoms with van der Waals surface area (Å²) in [5.74, 6) is -0.176. The fraction of sp³-hybridized carbons (Fsp3) is 0.368. The number of carbonyl (C=O) groups is 1. The average molecular weight is 410 g/mol. The zero-order chi connectivity index (χ0) is 20.3. The third-order valence-corrected chi connectivity index (χ3v) is 5.39. The van der Waals surface area contributed by atoms with Crippen LogP contribution < -0.4 is 10.2 Å². The molecule has 5 nitrogen and oxygen atoms in total. The van der Waals surface area contributed by atoms with Crippen LogP contribution in [-0.2, 0) is 6.54 Å². The Balaban J connectivity index is 1.69. The van der Waals surface area contributed by atoms with Crippen molar-refractivity contribution in [3.63, 3.8) is 0 Å². The van der Waals surface area contributed by atoms with E-state index in [1.54, 1.807) is 31.6 Å². The van der Waals surface area contributed by atoms with Gasteiger partial charge < -0.3 is 10.2 Å². The first kappa shape index (κ1) is 20.5. The standard InChI is InChI=1S/C19H21F3N4OS/c1-13-10-26(15-3-5-16(6-4-15)28-19(20,21)22)12-25(13)11-14-7-8-24-9-17(14)18(27)23-2/h3-9,13H,10-12H2,1-2H3,(H,23,27). The Labute approximate surface area is 165 Å². The molecule has 2 aromatic rings. The lowest BCUT2D eigenvalue weighted by atomic mass is 10.1. The molecule has 9 heteroatoms. The summed E-state index contributed by atoms with van der Waals surface area (Å²) < 4.78 is 37.4. The van der Waals surface area contributed by atoms with Crippen LogP contribution in [0.3, 0.4) is 0 Å². The van der Waals surface area contributed by atoms with Crippen molar-refractivity contribution in [3.8, 4) is 0 Å². The molecule has 1 fully saturated rings. The first-order valence-corrected chi connectivity index (χ1v) is 9.58. The summed E-state index contributed by atoms with van der Waals surface area (Å²) in [7, 11) is 1.58. The number of aromatic nitrogens is 1. The van der Waals surface area contributed by atoms with Gasteiger partial charge in [-0.2, -0.15) is 13.2 Å². The summed E-state index contributed by atoms with van der Waals surface area (Å²) in [6, 6.07) is 8.48. The number of thioether (sulfide) groups is 1. The minimum atomic E-state index is -4.28. The molecule has 1 saturated heterocycles. The second-order valence-corrected chi connectivity index (χ2v) is 7.75. The van der Waals surface area contributed by atoms with Crippen molar-refractivity contribution >= 4 is 23.4 Å². The lowest BCUT2D eigenvalue weighted by Crippen LogP contribution is -2.30. The van der Waals surface area contributed by atoms with Crippen LogP contribution in [0.5, 0.6) is 0 Å². The summed E-state index contributed by atoms with van der Waals surface area (Å²) in [6.45, 7) is 4.06. The predicted molar refractivity (Wildman–Crippen MR) is 103 cm³/mol. The van der Waals surface area contributed by atoms with Crippen LogP contribution in [0.25, 0.3) is 0 Å². The molecule has 0 radical (unpaired) electrons. The fourth-order valence-corrected chi connectivity index (χ4v) is 3.76. The highest BCUT2D eigenvalue weighted by Gasteiger charge is 2.30. The van der Waals surface area contributed by atoms with Gasteiger partial charge in [0.25, 0.3) is 5.91 Å². The van der Waals surface area contributed by atoms with Crippen molar-refractivity contribution in [3.05, 3.63) is 53.9 Å². The van der Waals surface area contributed by atoms with Crippen LogP contribution >= 0.6 is 11.8 Å². The van der Waals surface area contributed by atoms with E-state index < -0.39 is 5.51 Å². The van der Waals surface area contributed by atoms with Crippen molar-refractivity contribution in [1.29, 1.82) is 0 Å². The predicted octanol–water partition coefficient (Wildman–Crippen LogP) is 3.72. The molecule has 1 aliphatic rings. The van der Waals surface area contributed by atoms with Gasteiger partial charge >= 0.3 is 5.51 Å². The molecular formula is C19H21F3N4OS. The second kappa shape index (κ2) is 8.40. The van der Waals surface area contributed by atoms with Crippen molar-refractivity contribution < 1.29 is 18.0 Å². The molecule has 2 heterocycles. The Morgan fingerprint density at radius 3 is 2.64 bits per heavy atom. The number of anilines is 1. The van der Waals surface area contributed by atoms with E-state index in [1.165, 1.54) is 12.1 Å². The second-order valence-electron chi connectivity index (χ2n) is 6.61. The molecule has 3 rings (SSSR count). The van der Waals surface area contributed by atoms with Crippen molar-refractivity contribution in [2.24, 2.45) is 0 Å². The van der Waals surface area contributed by atoms with E-state index >= 15 is 0 Å². The van der Waals surface area contributed by atoms with Crippen LogP contribution in [0.1, 0.15) is 22.8 Å². The Kier molecular flexibility index (Phi) is 6.14. The molecular weight excluding hydrogens is 389 g/mol. The van der Waals surface area contributed by atoms with Crippen molar-refractivity contribution in [2.75, 3.05) is 25.2 Å². The number of amides is 1. The molecule has 1 unspecified atom stereocenters. The van der Waals surface area contributed by atoms with Gasteiger partial charge in [0, 0.05) is 49.2 Å². The molecule has 1 aliphatic heterocycles. The first-order chi connectivity index (χ1) is 13.3. The number of benzene rings is 1. The van der Waals surface area contributed by atoms with Gasteiger partial charge in [0.2, 0.25) is 0 Å². The Bertz CT molecular complexity index is 829. The molecule has 1 N–H and O–H groups in total. The molecule has 1 atom stereocenters. The maximum atomic E-state index is 12.5. The van der Waals surface area contributed by atoms with Gasteiger partial charge in [-0.3, -0.25) is 14.7 Å². The maximum Gasteiger partial charge on any atom is 0.446 e. The highest BCUT2D eigenvalue weighted by molar-refractivity contribution is 8.00. The summed E-state index contributed by atoms with van der Waals surface area (Å²) >= 11 is -0.111. The minimum absolute atomic E-state index is 0.111. The van der Waals surface area contributed by atoms with E-state index in [2.05, 4.69) is 27.0 Å². The van der Waals surface area contributed by atoms with E-state index in [1.807, 2.05) is 6.07 Å². The van der Waals surface area contributed by atoms with E-state index in [0.717, 1.165) is 17.8 Å². The average Bonchev–Trinajstić information content (AvgIpc) is 3.01. The zero-order valence-corrected chi connectivity index (χ0v) is 16.3. The van der Waals surface area contributed by atoms with Gasteiger partial charge in [-0.25, -0.2) is 0 Å². The summed E-state index contributed by atoms with van der Waals surface area (Å²) in [6.07, 6.45) is 3.22. The third-order valence-electron chi connectivity index (χ3n) is 4.65. The molecule has 150 valence electrons. The number of nitrogens with one attached hydrogen (secondary N) is 1. The molecule has 0 bridgehead atoms. The quantitative estimate of drug-likeness (QED) is 0.762. The van der Waals surface area contributed by atoms with Gasteiger partial charge in [0.1, 0.15) is 0 Å². The molecule has 1 aromatic heterocycles. The number of halogens is 3. The van der Waals surface area contributed by atoms with Crippen molar-refractivity contribution in [1.82, 2.24) is 15.2 Å². The lowest BCUT2D eigenvalue weighted by Gasteiger charge is -2.22. The van der Waals surface area contributed by atoms with Crippen LogP contribution in [0.4, 0.5) is 18.9 Å². The monoisotopic (exact) mass is 410 g/mol. The summed E-state index contributed by atoms with van der Waals surface area (Å²) in [5, 5.41) is 2.62. The molecule has 28 heavy (non-hydrogen) atoms. The number of rotatable bonds is 5. The molecule has 0 saturated carbocycles.